The minimum absolute atomic E-state index is 0.102. The third kappa shape index (κ3) is 1.98. The lowest BCUT2D eigenvalue weighted by atomic mass is 9.90. The number of carbonyl (C=O) groups excluding carboxylic acids is 1. The lowest BCUT2D eigenvalue weighted by Crippen LogP contribution is -2.13. The number of amides is 1. The molecule has 1 aliphatic rings. The number of hydrogen-bond acceptors (Lipinski definition) is 2. The van der Waals surface area contributed by atoms with E-state index in [1.54, 1.807) is 12.1 Å². The molecule has 0 unspecified atom stereocenters. The molecule has 0 aliphatic heterocycles. The second-order valence-electron chi connectivity index (χ2n) is 3.58. The molecule has 4 heteroatoms. The molecule has 15 heavy (non-hydrogen) atoms. The normalized spacial score (nSPS) is 14.5. The monoisotopic (exact) mass is 205 g/mol. The molecule has 0 spiro atoms. The molecule has 2 rings (SSSR count). The van der Waals surface area contributed by atoms with Crippen molar-refractivity contribution in [3.05, 3.63) is 29.3 Å². The molecule has 0 saturated carbocycles. The molecular weight excluding hydrogens is 194 g/mol. The highest BCUT2D eigenvalue weighted by Crippen LogP contribution is 2.24. The van der Waals surface area contributed by atoms with E-state index in [1.807, 2.05) is 6.07 Å². The molecule has 2 N–H and O–H groups in total. The Morgan fingerprint density at radius 3 is 2.87 bits per heavy atom. The summed E-state index contributed by atoms with van der Waals surface area (Å²) in [5, 5.41) is 10.8. The lowest BCUT2D eigenvalue weighted by molar-refractivity contribution is 0.0972. The zero-order valence-corrected chi connectivity index (χ0v) is 8.12. The van der Waals surface area contributed by atoms with Crippen molar-refractivity contribution in [3.8, 4) is 0 Å². The maximum absolute atomic E-state index is 11.5. The van der Waals surface area contributed by atoms with Gasteiger partial charge in [0.05, 0.1) is 0 Å². The molecule has 4 nitrogen and oxygen atoms in total. The Hall–Kier alpha value is -1.84. The number of hydrogen-bond donors (Lipinski definition) is 2. The molecule has 0 bridgehead atoms. The largest absolute Gasteiger partial charge is 0.465 e. The fraction of sp³-hybridized carbons (Fsp3) is 0.273. The molecular formula is C11H11NO3. The average molecular weight is 205 g/mol. The van der Waals surface area contributed by atoms with E-state index in [9.17, 15) is 9.59 Å². The minimum Gasteiger partial charge on any atom is -0.465 e. The lowest BCUT2D eigenvalue weighted by Gasteiger charge is -2.15. The molecule has 1 aliphatic carbocycles. The number of fused-ring (bicyclic) bond motifs is 1. The van der Waals surface area contributed by atoms with E-state index in [0.717, 1.165) is 18.4 Å². The zero-order chi connectivity index (χ0) is 10.8. The first-order valence-corrected chi connectivity index (χ1v) is 4.83. The molecule has 0 heterocycles. The number of nitrogens with one attached hydrogen (secondary N) is 1. The summed E-state index contributed by atoms with van der Waals surface area (Å²) < 4.78 is 0. The smallest absolute Gasteiger partial charge is 0.409 e. The highest BCUT2D eigenvalue weighted by Gasteiger charge is 2.17. The summed E-state index contributed by atoms with van der Waals surface area (Å²) in [4.78, 5) is 22.0. The van der Waals surface area contributed by atoms with Crippen molar-refractivity contribution in [1.29, 1.82) is 0 Å². The highest BCUT2D eigenvalue weighted by molar-refractivity contribution is 6.00. The van der Waals surface area contributed by atoms with Crippen LogP contribution in [-0.4, -0.2) is 17.0 Å². The highest BCUT2D eigenvalue weighted by atomic mass is 16.4. The molecule has 0 atom stereocenters. The van der Waals surface area contributed by atoms with Gasteiger partial charge in [0.2, 0.25) is 0 Å². The maximum atomic E-state index is 11.5. The quantitative estimate of drug-likeness (QED) is 0.739. The maximum Gasteiger partial charge on any atom is 0.409 e. The fourth-order valence-electron chi connectivity index (χ4n) is 1.83. The van der Waals surface area contributed by atoms with Crippen LogP contribution in [-0.2, 0) is 6.42 Å². The van der Waals surface area contributed by atoms with Crippen LogP contribution in [0, 0.1) is 0 Å². The number of Topliss-reactive ketones (excluding diaryl/α,β-unsaturated/α-hetero) is 1. The number of benzene rings is 1. The fourth-order valence-corrected chi connectivity index (χ4v) is 1.83. The van der Waals surface area contributed by atoms with Crippen molar-refractivity contribution in [3.63, 3.8) is 0 Å². The van der Waals surface area contributed by atoms with Crippen molar-refractivity contribution >= 4 is 17.6 Å². The first-order valence-electron chi connectivity index (χ1n) is 4.83. The van der Waals surface area contributed by atoms with Gasteiger partial charge in [0.25, 0.3) is 0 Å². The van der Waals surface area contributed by atoms with Crippen LogP contribution in [0.25, 0.3) is 0 Å². The third-order valence-corrected chi connectivity index (χ3v) is 2.51. The number of carbonyl (C=O) groups is 2. The Balaban J connectivity index is 2.35. The Morgan fingerprint density at radius 1 is 1.33 bits per heavy atom. The van der Waals surface area contributed by atoms with Gasteiger partial charge in [-0.15, -0.1) is 0 Å². The minimum atomic E-state index is -1.11. The second kappa shape index (κ2) is 3.73. The van der Waals surface area contributed by atoms with Gasteiger partial charge in [0, 0.05) is 17.7 Å². The number of rotatable bonds is 1. The first-order chi connectivity index (χ1) is 7.16. The van der Waals surface area contributed by atoms with E-state index in [1.165, 1.54) is 0 Å². The van der Waals surface area contributed by atoms with E-state index in [-0.39, 0.29) is 5.78 Å². The topological polar surface area (TPSA) is 66.4 Å². The standard InChI is InChI=1S/C11H11NO3/c13-10-3-1-2-7-4-5-8(6-9(7)10)12-11(14)15/h4-6,12H,1-3H2,(H,14,15). The summed E-state index contributed by atoms with van der Waals surface area (Å²) in [5.41, 5.74) is 2.13. The summed E-state index contributed by atoms with van der Waals surface area (Å²) in [6.07, 6.45) is 1.23. The molecule has 0 aromatic heterocycles. The van der Waals surface area contributed by atoms with Crippen molar-refractivity contribution in [2.45, 2.75) is 19.3 Å². The van der Waals surface area contributed by atoms with Gasteiger partial charge in [-0.2, -0.15) is 0 Å². The van der Waals surface area contributed by atoms with Gasteiger partial charge in [-0.25, -0.2) is 4.79 Å². The van der Waals surface area contributed by atoms with Crippen LogP contribution >= 0.6 is 0 Å². The summed E-state index contributed by atoms with van der Waals surface area (Å²) >= 11 is 0. The van der Waals surface area contributed by atoms with Crippen LogP contribution in [0.3, 0.4) is 0 Å². The summed E-state index contributed by atoms with van der Waals surface area (Å²) in [7, 11) is 0. The van der Waals surface area contributed by atoms with E-state index < -0.39 is 6.09 Å². The molecule has 0 radical (unpaired) electrons. The van der Waals surface area contributed by atoms with Gasteiger partial charge < -0.3 is 5.11 Å². The second-order valence-corrected chi connectivity index (χ2v) is 3.58. The Labute approximate surface area is 86.9 Å². The number of anilines is 1. The molecule has 78 valence electrons. The van der Waals surface area contributed by atoms with Crippen LogP contribution in [0.4, 0.5) is 10.5 Å². The van der Waals surface area contributed by atoms with Gasteiger partial charge in [-0.1, -0.05) is 6.07 Å². The van der Waals surface area contributed by atoms with Crippen LogP contribution in [0.1, 0.15) is 28.8 Å². The SMILES string of the molecule is O=C(O)Nc1ccc2c(c1)C(=O)CCC2. The van der Waals surface area contributed by atoms with E-state index in [4.69, 9.17) is 5.11 Å². The molecule has 1 amide bonds. The van der Waals surface area contributed by atoms with Crippen LogP contribution < -0.4 is 5.32 Å². The molecule has 0 saturated heterocycles. The van der Waals surface area contributed by atoms with Crippen molar-refractivity contribution < 1.29 is 14.7 Å². The summed E-state index contributed by atoms with van der Waals surface area (Å²) in [6, 6.07) is 5.12. The number of ketones is 1. The predicted octanol–water partition coefficient (Wildman–Crippen LogP) is 2.30. The van der Waals surface area contributed by atoms with Crippen LogP contribution in [0.2, 0.25) is 0 Å². The van der Waals surface area contributed by atoms with Gasteiger partial charge >= 0.3 is 6.09 Å². The zero-order valence-electron chi connectivity index (χ0n) is 8.12. The molecule has 1 aromatic carbocycles. The van der Waals surface area contributed by atoms with Gasteiger partial charge in [-0.3, -0.25) is 10.1 Å². The van der Waals surface area contributed by atoms with Gasteiger partial charge in [0.15, 0.2) is 5.78 Å². The average Bonchev–Trinajstić information content (AvgIpc) is 2.18. The predicted molar refractivity (Wildman–Crippen MR) is 55.4 cm³/mol. The summed E-state index contributed by atoms with van der Waals surface area (Å²) in [5.74, 6) is 0.102. The Bertz CT molecular complexity index is 426. The van der Waals surface area contributed by atoms with E-state index >= 15 is 0 Å². The van der Waals surface area contributed by atoms with Crippen molar-refractivity contribution in [2.75, 3.05) is 5.32 Å². The van der Waals surface area contributed by atoms with E-state index in [0.29, 0.717) is 17.7 Å². The van der Waals surface area contributed by atoms with Crippen LogP contribution in [0.15, 0.2) is 18.2 Å². The number of carboxylic acid groups (broad SMARTS) is 1. The Kier molecular flexibility index (Phi) is 2.41. The van der Waals surface area contributed by atoms with E-state index in [2.05, 4.69) is 5.32 Å². The third-order valence-electron chi connectivity index (χ3n) is 2.51. The molecule has 1 aromatic rings. The van der Waals surface area contributed by atoms with Crippen molar-refractivity contribution in [1.82, 2.24) is 0 Å². The van der Waals surface area contributed by atoms with Gasteiger partial charge in [-0.05, 0) is 30.5 Å². The first kappa shape index (κ1) is 9.71. The number of aryl methyl sites for hydroxylation is 1. The van der Waals surface area contributed by atoms with Gasteiger partial charge in [0.1, 0.15) is 0 Å². The van der Waals surface area contributed by atoms with Crippen LogP contribution in [0.5, 0.6) is 0 Å². The van der Waals surface area contributed by atoms with Crippen molar-refractivity contribution in [2.24, 2.45) is 0 Å². The molecule has 0 fully saturated rings. The summed E-state index contributed by atoms with van der Waals surface area (Å²) in [6.45, 7) is 0. The Morgan fingerprint density at radius 2 is 2.13 bits per heavy atom.